The molecule has 0 aromatic carbocycles. The van der Waals surface area contributed by atoms with Crippen LogP contribution in [0.25, 0.3) is 0 Å². The Kier molecular flexibility index (Phi) is 2.87. The molecule has 11 heavy (non-hydrogen) atoms. The smallest absolute Gasteiger partial charge is 0.0953 e. The molecule has 3 N–H and O–H groups in total. The first-order valence-corrected chi connectivity index (χ1v) is 4.24. The predicted octanol–water partition coefficient (Wildman–Crippen LogP) is 0.262. The van der Waals surface area contributed by atoms with Crippen molar-refractivity contribution in [3.63, 3.8) is 0 Å². The lowest BCUT2D eigenvalue weighted by atomic mass is 9.95. The van der Waals surface area contributed by atoms with Gasteiger partial charge >= 0.3 is 0 Å². The van der Waals surface area contributed by atoms with Crippen molar-refractivity contribution in [2.75, 3.05) is 0 Å². The molecule has 0 aliphatic carbocycles. The van der Waals surface area contributed by atoms with E-state index in [1.165, 1.54) is 0 Å². The van der Waals surface area contributed by atoms with E-state index < -0.39 is 6.10 Å². The van der Waals surface area contributed by atoms with Gasteiger partial charge in [0.2, 0.25) is 0 Å². The zero-order chi connectivity index (χ0) is 8.43. The van der Waals surface area contributed by atoms with Gasteiger partial charge in [0.15, 0.2) is 0 Å². The second kappa shape index (κ2) is 3.52. The monoisotopic (exact) mass is 159 g/mol. The van der Waals surface area contributed by atoms with Crippen LogP contribution in [-0.2, 0) is 4.74 Å². The maximum Gasteiger partial charge on any atom is 0.0953 e. The lowest BCUT2D eigenvalue weighted by Gasteiger charge is -2.36. The summed E-state index contributed by atoms with van der Waals surface area (Å²) in [5, 5.41) is 9.51. The second-order valence-corrected chi connectivity index (χ2v) is 3.28. The number of aliphatic hydroxyl groups is 1. The zero-order valence-corrected chi connectivity index (χ0v) is 7.16. The molecule has 0 bridgehead atoms. The van der Waals surface area contributed by atoms with Gasteiger partial charge in [-0.15, -0.1) is 0 Å². The molecule has 1 aliphatic heterocycles. The van der Waals surface area contributed by atoms with Crippen molar-refractivity contribution in [2.24, 2.45) is 5.73 Å². The maximum absolute atomic E-state index is 9.51. The Morgan fingerprint density at radius 1 is 1.64 bits per heavy atom. The summed E-state index contributed by atoms with van der Waals surface area (Å²) in [6, 6.07) is -0.108. The molecule has 1 aliphatic rings. The van der Waals surface area contributed by atoms with Crippen LogP contribution in [0.4, 0.5) is 0 Å². The minimum Gasteiger partial charge on any atom is -0.389 e. The van der Waals surface area contributed by atoms with Gasteiger partial charge in [0.25, 0.3) is 0 Å². The summed E-state index contributed by atoms with van der Waals surface area (Å²) in [6.07, 6.45) is 1.25. The highest BCUT2D eigenvalue weighted by Crippen LogP contribution is 2.20. The van der Waals surface area contributed by atoms with Gasteiger partial charge < -0.3 is 15.6 Å². The van der Waals surface area contributed by atoms with E-state index in [1.54, 1.807) is 0 Å². The number of nitrogens with two attached hydrogens (primary N) is 1. The largest absolute Gasteiger partial charge is 0.389 e. The fourth-order valence-electron chi connectivity index (χ4n) is 1.57. The maximum atomic E-state index is 9.51. The molecule has 0 radical (unpaired) electrons. The van der Waals surface area contributed by atoms with Crippen molar-refractivity contribution in [3.8, 4) is 0 Å². The minimum atomic E-state index is -0.476. The summed E-state index contributed by atoms with van der Waals surface area (Å²) >= 11 is 0. The lowest BCUT2D eigenvalue weighted by Crippen LogP contribution is -2.51. The number of rotatable bonds is 1. The first-order chi connectivity index (χ1) is 5.15. The van der Waals surface area contributed by atoms with E-state index in [2.05, 4.69) is 0 Å². The molecule has 0 spiro atoms. The SMILES string of the molecule is CC[C@@H]1OC(C)CC(N)C1O. The van der Waals surface area contributed by atoms with Gasteiger partial charge in [0.1, 0.15) is 0 Å². The molecule has 3 heteroatoms. The van der Waals surface area contributed by atoms with Gasteiger partial charge in [-0.2, -0.15) is 0 Å². The Morgan fingerprint density at radius 3 is 2.82 bits per heavy atom. The molecular formula is C8H17NO2. The second-order valence-electron chi connectivity index (χ2n) is 3.28. The van der Waals surface area contributed by atoms with Gasteiger partial charge in [0, 0.05) is 6.04 Å². The first kappa shape index (κ1) is 8.97. The molecule has 0 aromatic heterocycles. The third kappa shape index (κ3) is 1.92. The van der Waals surface area contributed by atoms with Crippen molar-refractivity contribution in [1.29, 1.82) is 0 Å². The molecule has 1 heterocycles. The Hall–Kier alpha value is -0.120. The number of ether oxygens (including phenoxy) is 1. The summed E-state index contributed by atoms with van der Waals surface area (Å²) in [7, 11) is 0. The Balaban J connectivity index is 2.51. The molecule has 0 amide bonds. The first-order valence-electron chi connectivity index (χ1n) is 4.24. The molecule has 3 unspecified atom stereocenters. The van der Waals surface area contributed by atoms with Crippen LogP contribution in [0.2, 0.25) is 0 Å². The van der Waals surface area contributed by atoms with Crippen LogP contribution in [0.1, 0.15) is 26.7 Å². The Labute approximate surface area is 67.5 Å². The molecule has 4 atom stereocenters. The molecule has 1 saturated heterocycles. The summed E-state index contributed by atoms with van der Waals surface area (Å²) in [6.45, 7) is 3.99. The number of hydrogen-bond donors (Lipinski definition) is 2. The minimum absolute atomic E-state index is 0.0613. The average Bonchev–Trinajstić information content (AvgIpc) is 1.96. The van der Waals surface area contributed by atoms with Gasteiger partial charge in [0.05, 0.1) is 18.3 Å². The molecule has 3 nitrogen and oxygen atoms in total. The summed E-state index contributed by atoms with van der Waals surface area (Å²) in [5.41, 5.74) is 5.70. The third-order valence-corrected chi connectivity index (χ3v) is 2.23. The fraction of sp³-hybridized carbons (Fsp3) is 1.00. The van der Waals surface area contributed by atoms with Crippen LogP contribution in [0.3, 0.4) is 0 Å². The normalized spacial score (nSPS) is 45.8. The fourth-order valence-corrected chi connectivity index (χ4v) is 1.57. The van der Waals surface area contributed by atoms with Crippen molar-refractivity contribution < 1.29 is 9.84 Å². The molecule has 66 valence electrons. The summed E-state index contributed by atoms with van der Waals surface area (Å²) in [5.74, 6) is 0. The zero-order valence-electron chi connectivity index (χ0n) is 7.16. The molecular weight excluding hydrogens is 142 g/mol. The van der Waals surface area contributed by atoms with E-state index in [0.29, 0.717) is 0 Å². The van der Waals surface area contributed by atoms with E-state index >= 15 is 0 Å². The Morgan fingerprint density at radius 2 is 2.27 bits per heavy atom. The Bertz CT molecular complexity index is 129. The highest BCUT2D eigenvalue weighted by Gasteiger charge is 2.32. The molecule has 0 aromatic rings. The van der Waals surface area contributed by atoms with Crippen LogP contribution in [0, 0.1) is 0 Å². The van der Waals surface area contributed by atoms with Gasteiger partial charge in [-0.1, -0.05) is 6.92 Å². The van der Waals surface area contributed by atoms with Crippen molar-refractivity contribution in [2.45, 2.75) is 51.0 Å². The lowest BCUT2D eigenvalue weighted by molar-refractivity contribution is -0.120. The molecule has 1 fully saturated rings. The summed E-state index contributed by atoms with van der Waals surface area (Å²) < 4.78 is 5.49. The average molecular weight is 159 g/mol. The van der Waals surface area contributed by atoms with E-state index in [-0.39, 0.29) is 18.2 Å². The predicted molar refractivity (Wildman–Crippen MR) is 43.2 cm³/mol. The van der Waals surface area contributed by atoms with E-state index in [0.717, 1.165) is 12.8 Å². The van der Waals surface area contributed by atoms with Gasteiger partial charge in [-0.05, 0) is 19.8 Å². The van der Waals surface area contributed by atoms with Crippen LogP contribution in [-0.4, -0.2) is 29.5 Å². The van der Waals surface area contributed by atoms with E-state index in [4.69, 9.17) is 10.5 Å². The molecule has 0 saturated carbocycles. The van der Waals surface area contributed by atoms with Crippen LogP contribution in [0.15, 0.2) is 0 Å². The van der Waals surface area contributed by atoms with Crippen LogP contribution < -0.4 is 5.73 Å². The van der Waals surface area contributed by atoms with E-state index in [9.17, 15) is 5.11 Å². The summed E-state index contributed by atoms with van der Waals surface area (Å²) in [4.78, 5) is 0. The standard InChI is InChI=1S/C8H17NO2/c1-3-7-8(10)6(9)4-5(2)11-7/h5-8,10H,3-4,9H2,1-2H3/t5?,6?,7-,8?/m0/s1. The number of aliphatic hydroxyl groups excluding tert-OH is 1. The number of hydrogen-bond acceptors (Lipinski definition) is 3. The van der Waals surface area contributed by atoms with Crippen LogP contribution in [0.5, 0.6) is 0 Å². The quantitative estimate of drug-likeness (QED) is 0.577. The van der Waals surface area contributed by atoms with Crippen molar-refractivity contribution in [3.05, 3.63) is 0 Å². The van der Waals surface area contributed by atoms with Gasteiger partial charge in [-0.25, -0.2) is 0 Å². The van der Waals surface area contributed by atoms with E-state index in [1.807, 2.05) is 13.8 Å². The topological polar surface area (TPSA) is 55.5 Å². The van der Waals surface area contributed by atoms with Crippen molar-refractivity contribution >= 4 is 0 Å². The highest BCUT2D eigenvalue weighted by molar-refractivity contribution is 4.85. The van der Waals surface area contributed by atoms with Crippen LogP contribution >= 0.6 is 0 Å². The van der Waals surface area contributed by atoms with Gasteiger partial charge in [-0.3, -0.25) is 0 Å². The van der Waals surface area contributed by atoms with Crippen molar-refractivity contribution in [1.82, 2.24) is 0 Å². The highest BCUT2D eigenvalue weighted by atomic mass is 16.5. The third-order valence-electron chi connectivity index (χ3n) is 2.23. The molecule has 1 rings (SSSR count).